The summed E-state index contributed by atoms with van der Waals surface area (Å²) in [7, 11) is 0. The van der Waals surface area contributed by atoms with E-state index >= 15 is 0 Å². The zero-order valence-corrected chi connectivity index (χ0v) is 12.8. The van der Waals surface area contributed by atoms with E-state index in [2.05, 4.69) is 20.4 Å². The van der Waals surface area contributed by atoms with Crippen LogP contribution in [0.15, 0.2) is 48.5 Å². The molecule has 4 rings (SSSR count). The number of aromatic nitrogens is 4. The van der Waals surface area contributed by atoms with Crippen LogP contribution >= 0.6 is 11.3 Å². The molecular formula is C15H13N7S. The molecule has 2 aromatic carbocycles. The molecule has 23 heavy (non-hydrogen) atoms. The topological polar surface area (TPSA) is 108 Å². The molecule has 0 spiro atoms. The Morgan fingerprint density at radius 1 is 0.957 bits per heavy atom. The van der Waals surface area contributed by atoms with Crippen LogP contribution < -0.4 is 16.8 Å². The highest BCUT2D eigenvalue weighted by molar-refractivity contribution is 7.20. The molecule has 0 fully saturated rings. The monoisotopic (exact) mass is 323 g/mol. The number of benzene rings is 2. The van der Waals surface area contributed by atoms with Crippen LogP contribution in [0.25, 0.3) is 15.3 Å². The molecule has 7 nitrogen and oxygen atoms in total. The maximum absolute atomic E-state index is 5.97. The van der Waals surface area contributed by atoms with Gasteiger partial charge in [0, 0.05) is 11.4 Å². The van der Waals surface area contributed by atoms with E-state index in [-0.39, 0.29) is 5.95 Å². The fraction of sp³-hybridized carbons (Fsp3) is 0. The first-order chi connectivity index (χ1) is 11.2. The van der Waals surface area contributed by atoms with Crippen molar-refractivity contribution in [3.05, 3.63) is 48.5 Å². The van der Waals surface area contributed by atoms with Gasteiger partial charge in [-0.05, 0) is 36.4 Å². The van der Waals surface area contributed by atoms with Gasteiger partial charge >= 0.3 is 0 Å². The SMILES string of the molecule is Nc1ccc(Nc2nc(N)n(-c3nc4ccccc4s3)n2)cc1. The summed E-state index contributed by atoms with van der Waals surface area (Å²) in [4.78, 5) is 8.76. The Morgan fingerprint density at radius 3 is 2.52 bits per heavy atom. The molecule has 0 bridgehead atoms. The first kappa shape index (κ1) is 13.5. The van der Waals surface area contributed by atoms with Gasteiger partial charge in [0.2, 0.25) is 17.0 Å². The summed E-state index contributed by atoms with van der Waals surface area (Å²) in [6.07, 6.45) is 0. The maximum atomic E-state index is 5.97. The minimum atomic E-state index is 0.280. The molecule has 0 saturated carbocycles. The van der Waals surface area contributed by atoms with Gasteiger partial charge in [-0.15, -0.1) is 5.10 Å². The number of nitrogens with one attached hydrogen (secondary N) is 1. The molecule has 8 heteroatoms. The zero-order chi connectivity index (χ0) is 15.8. The predicted molar refractivity (Wildman–Crippen MR) is 93.1 cm³/mol. The third-order valence-corrected chi connectivity index (χ3v) is 4.27. The van der Waals surface area contributed by atoms with Gasteiger partial charge in [-0.3, -0.25) is 0 Å². The molecule has 0 saturated heterocycles. The third-order valence-electron chi connectivity index (χ3n) is 3.26. The number of hydrogen-bond acceptors (Lipinski definition) is 7. The minimum Gasteiger partial charge on any atom is -0.399 e. The summed E-state index contributed by atoms with van der Waals surface area (Å²) < 4.78 is 2.61. The standard InChI is InChI=1S/C15H13N7S/c16-9-5-7-10(8-6-9)18-14-20-13(17)22(21-14)15-19-11-3-1-2-4-12(11)23-15/h1-8H,16H2,(H3,17,18,20,21). The van der Waals surface area contributed by atoms with E-state index in [1.165, 1.54) is 16.0 Å². The van der Waals surface area contributed by atoms with Crippen molar-refractivity contribution in [3.8, 4) is 5.13 Å². The van der Waals surface area contributed by atoms with Gasteiger partial charge in [0.25, 0.3) is 0 Å². The number of thiazole rings is 1. The second kappa shape index (κ2) is 5.25. The molecule has 0 aliphatic carbocycles. The lowest BCUT2D eigenvalue weighted by Crippen LogP contribution is -2.01. The summed E-state index contributed by atoms with van der Waals surface area (Å²) in [5, 5.41) is 8.16. The fourth-order valence-electron chi connectivity index (χ4n) is 2.16. The van der Waals surface area contributed by atoms with E-state index in [0.29, 0.717) is 16.8 Å². The molecule has 0 atom stereocenters. The lowest BCUT2D eigenvalue weighted by atomic mass is 10.3. The minimum absolute atomic E-state index is 0.280. The highest BCUT2D eigenvalue weighted by atomic mass is 32.1. The average molecular weight is 323 g/mol. The van der Waals surface area contributed by atoms with Crippen LogP contribution in [0.3, 0.4) is 0 Å². The molecule has 0 aliphatic rings. The van der Waals surface area contributed by atoms with Gasteiger partial charge in [-0.1, -0.05) is 23.5 Å². The van der Waals surface area contributed by atoms with E-state index in [9.17, 15) is 0 Å². The van der Waals surface area contributed by atoms with E-state index in [0.717, 1.165) is 15.9 Å². The molecule has 114 valence electrons. The normalized spacial score (nSPS) is 11.0. The second-order valence-electron chi connectivity index (χ2n) is 4.92. The van der Waals surface area contributed by atoms with Crippen LogP contribution in [0, 0.1) is 0 Å². The number of hydrogen-bond donors (Lipinski definition) is 3. The van der Waals surface area contributed by atoms with Crippen LogP contribution in [-0.2, 0) is 0 Å². The van der Waals surface area contributed by atoms with Gasteiger partial charge < -0.3 is 16.8 Å². The van der Waals surface area contributed by atoms with Gasteiger partial charge in [-0.25, -0.2) is 4.98 Å². The highest BCUT2D eigenvalue weighted by Gasteiger charge is 2.13. The molecule has 2 aromatic heterocycles. The lowest BCUT2D eigenvalue weighted by molar-refractivity contribution is 0.886. The van der Waals surface area contributed by atoms with Crippen molar-refractivity contribution in [1.82, 2.24) is 19.7 Å². The first-order valence-electron chi connectivity index (χ1n) is 6.90. The van der Waals surface area contributed by atoms with Gasteiger partial charge in [0.05, 0.1) is 10.2 Å². The number of fused-ring (bicyclic) bond motifs is 1. The van der Waals surface area contributed by atoms with Crippen molar-refractivity contribution in [1.29, 1.82) is 0 Å². The summed E-state index contributed by atoms with van der Waals surface area (Å²) in [5.41, 5.74) is 14.1. The Hall–Kier alpha value is -3.13. The molecule has 2 heterocycles. The van der Waals surface area contributed by atoms with Crippen LogP contribution in [0.2, 0.25) is 0 Å². The van der Waals surface area contributed by atoms with Gasteiger partial charge in [-0.2, -0.15) is 9.67 Å². The Bertz CT molecular complexity index is 938. The van der Waals surface area contributed by atoms with E-state index in [1.54, 1.807) is 12.1 Å². The number of nitrogen functional groups attached to an aromatic ring is 2. The Balaban J connectivity index is 1.67. The average Bonchev–Trinajstić information content (AvgIpc) is 3.12. The molecule has 0 unspecified atom stereocenters. The molecule has 0 amide bonds. The van der Waals surface area contributed by atoms with Crippen molar-refractivity contribution in [2.45, 2.75) is 0 Å². The fourth-order valence-corrected chi connectivity index (χ4v) is 3.09. The van der Waals surface area contributed by atoms with Crippen LogP contribution in [0.5, 0.6) is 0 Å². The molecule has 0 radical (unpaired) electrons. The van der Waals surface area contributed by atoms with Crippen molar-refractivity contribution < 1.29 is 0 Å². The quantitative estimate of drug-likeness (QED) is 0.500. The van der Waals surface area contributed by atoms with Crippen LogP contribution in [-0.4, -0.2) is 19.7 Å². The molecule has 5 N–H and O–H groups in total. The zero-order valence-electron chi connectivity index (χ0n) is 12.0. The number of nitrogens with zero attached hydrogens (tertiary/aromatic N) is 4. The number of anilines is 4. The Kier molecular flexibility index (Phi) is 3.09. The predicted octanol–water partition coefficient (Wildman–Crippen LogP) is 2.79. The van der Waals surface area contributed by atoms with E-state index < -0.39 is 0 Å². The smallest absolute Gasteiger partial charge is 0.248 e. The van der Waals surface area contributed by atoms with Crippen molar-refractivity contribution >= 4 is 44.8 Å². The first-order valence-corrected chi connectivity index (χ1v) is 7.72. The summed E-state index contributed by atoms with van der Waals surface area (Å²) >= 11 is 1.51. The third kappa shape index (κ3) is 2.55. The number of nitrogens with two attached hydrogens (primary N) is 2. The number of rotatable bonds is 3. The largest absolute Gasteiger partial charge is 0.399 e. The lowest BCUT2D eigenvalue weighted by Gasteiger charge is -2.01. The molecule has 4 aromatic rings. The van der Waals surface area contributed by atoms with Crippen molar-refractivity contribution in [2.75, 3.05) is 16.8 Å². The highest BCUT2D eigenvalue weighted by Crippen LogP contribution is 2.26. The van der Waals surface area contributed by atoms with E-state index in [4.69, 9.17) is 11.5 Å². The van der Waals surface area contributed by atoms with Crippen molar-refractivity contribution in [2.24, 2.45) is 0 Å². The summed E-state index contributed by atoms with van der Waals surface area (Å²) in [5.74, 6) is 0.688. The summed E-state index contributed by atoms with van der Waals surface area (Å²) in [6, 6.07) is 15.2. The van der Waals surface area contributed by atoms with Crippen LogP contribution in [0.1, 0.15) is 0 Å². The number of para-hydroxylation sites is 1. The molecule has 0 aliphatic heterocycles. The summed E-state index contributed by atoms with van der Waals surface area (Å²) in [6.45, 7) is 0. The maximum Gasteiger partial charge on any atom is 0.248 e. The van der Waals surface area contributed by atoms with Crippen LogP contribution in [0.4, 0.5) is 23.3 Å². The Labute approximate surface area is 135 Å². The second-order valence-corrected chi connectivity index (χ2v) is 5.93. The van der Waals surface area contributed by atoms with E-state index in [1.807, 2.05) is 36.4 Å². The van der Waals surface area contributed by atoms with Crippen molar-refractivity contribution in [3.63, 3.8) is 0 Å². The molecular weight excluding hydrogens is 310 g/mol. The Morgan fingerprint density at radius 2 is 1.74 bits per heavy atom. The van der Waals surface area contributed by atoms with Gasteiger partial charge in [0.15, 0.2) is 0 Å². The van der Waals surface area contributed by atoms with Gasteiger partial charge in [0.1, 0.15) is 0 Å².